The standard InChI is InChI=1S/C52H36N2/c1-3-15-45(16-4-1)53(47-31-28-40(29-32-47)43-27-26-37-12-7-8-13-41(37)34-43)48-19-11-14-42(35-48)38-22-24-39(25-23-38)44-30-33-52-50(36-44)49-20-9-10-21-51(49)54(52)46-17-5-2-6-18-46/h1-36H. The van der Waals surface area contributed by atoms with Crippen LogP contribution in [0.1, 0.15) is 0 Å². The van der Waals surface area contributed by atoms with Gasteiger partial charge in [-0.15, -0.1) is 0 Å². The van der Waals surface area contributed by atoms with Gasteiger partial charge in [0.2, 0.25) is 0 Å². The maximum absolute atomic E-state index is 2.36. The van der Waals surface area contributed by atoms with Gasteiger partial charge in [0.1, 0.15) is 0 Å². The van der Waals surface area contributed by atoms with E-state index in [2.05, 4.69) is 228 Å². The van der Waals surface area contributed by atoms with Gasteiger partial charge in [0, 0.05) is 33.5 Å². The van der Waals surface area contributed by atoms with E-state index in [1.54, 1.807) is 0 Å². The normalized spacial score (nSPS) is 11.3. The molecule has 2 heteroatoms. The Morgan fingerprint density at radius 2 is 0.796 bits per heavy atom. The Kier molecular flexibility index (Phi) is 7.85. The number of benzene rings is 9. The number of aromatic nitrogens is 1. The lowest BCUT2D eigenvalue weighted by Gasteiger charge is -2.26. The Hall–Kier alpha value is -7.16. The summed E-state index contributed by atoms with van der Waals surface area (Å²) in [6.45, 7) is 0. The Morgan fingerprint density at radius 1 is 0.278 bits per heavy atom. The lowest BCUT2D eigenvalue weighted by Crippen LogP contribution is -2.09. The maximum Gasteiger partial charge on any atom is 0.0541 e. The molecule has 0 bridgehead atoms. The number of para-hydroxylation sites is 3. The van der Waals surface area contributed by atoms with Crippen LogP contribution in [0, 0.1) is 0 Å². The van der Waals surface area contributed by atoms with Crippen LogP contribution in [0.5, 0.6) is 0 Å². The first-order valence-corrected chi connectivity index (χ1v) is 18.5. The molecule has 0 aliphatic rings. The third kappa shape index (κ3) is 5.71. The zero-order chi connectivity index (χ0) is 35.8. The van der Waals surface area contributed by atoms with Crippen LogP contribution in [0.4, 0.5) is 17.1 Å². The van der Waals surface area contributed by atoms with Gasteiger partial charge in [-0.25, -0.2) is 0 Å². The van der Waals surface area contributed by atoms with E-state index in [0.29, 0.717) is 0 Å². The van der Waals surface area contributed by atoms with Crippen molar-refractivity contribution < 1.29 is 0 Å². The summed E-state index contributed by atoms with van der Waals surface area (Å²) in [5.41, 5.74) is 14.1. The molecule has 0 amide bonds. The molecule has 0 spiro atoms. The largest absolute Gasteiger partial charge is 0.310 e. The van der Waals surface area contributed by atoms with Crippen molar-refractivity contribution in [3.8, 4) is 39.1 Å². The molecule has 0 radical (unpaired) electrons. The van der Waals surface area contributed by atoms with E-state index in [9.17, 15) is 0 Å². The third-order valence-electron chi connectivity index (χ3n) is 10.6. The number of rotatable bonds is 7. The second kappa shape index (κ2) is 13.4. The third-order valence-corrected chi connectivity index (χ3v) is 10.6. The van der Waals surface area contributed by atoms with E-state index in [0.717, 1.165) is 17.1 Å². The summed E-state index contributed by atoms with van der Waals surface area (Å²) in [5, 5.41) is 5.03. The van der Waals surface area contributed by atoms with Gasteiger partial charge in [-0.2, -0.15) is 0 Å². The number of fused-ring (bicyclic) bond motifs is 4. The molecular formula is C52H36N2. The summed E-state index contributed by atoms with van der Waals surface area (Å²) in [5.74, 6) is 0. The summed E-state index contributed by atoms with van der Waals surface area (Å²) in [4.78, 5) is 2.34. The Bertz CT molecular complexity index is 2910. The average Bonchev–Trinajstić information content (AvgIpc) is 3.58. The van der Waals surface area contributed by atoms with Crippen molar-refractivity contribution in [3.63, 3.8) is 0 Å². The molecule has 10 rings (SSSR count). The molecule has 0 unspecified atom stereocenters. The number of nitrogens with zero attached hydrogens (tertiary/aromatic N) is 2. The van der Waals surface area contributed by atoms with Gasteiger partial charge < -0.3 is 9.47 Å². The van der Waals surface area contributed by atoms with E-state index < -0.39 is 0 Å². The predicted octanol–water partition coefficient (Wildman–Crippen LogP) is 14.4. The molecule has 2 nitrogen and oxygen atoms in total. The van der Waals surface area contributed by atoms with Gasteiger partial charge in [0.05, 0.1) is 11.0 Å². The Balaban J connectivity index is 0.976. The van der Waals surface area contributed by atoms with Crippen molar-refractivity contribution in [1.82, 2.24) is 4.57 Å². The van der Waals surface area contributed by atoms with Crippen LogP contribution in [0.15, 0.2) is 218 Å². The van der Waals surface area contributed by atoms with E-state index in [1.807, 2.05) is 0 Å². The zero-order valence-electron chi connectivity index (χ0n) is 29.7. The first kappa shape index (κ1) is 31.6. The van der Waals surface area contributed by atoms with Gasteiger partial charge in [0.25, 0.3) is 0 Å². The summed E-state index contributed by atoms with van der Waals surface area (Å²) in [6.07, 6.45) is 0. The maximum atomic E-state index is 2.36. The molecule has 54 heavy (non-hydrogen) atoms. The fraction of sp³-hybridized carbons (Fsp3) is 0. The second-order valence-corrected chi connectivity index (χ2v) is 13.8. The monoisotopic (exact) mass is 688 g/mol. The molecule has 0 fully saturated rings. The second-order valence-electron chi connectivity index (χ2n) is 13.8. The molecule has 1 aromatic heterocycles. The van der Waals surface area contributed by atoms with Crippen LogP contribution < -0.4 is 4.90 Å². The van der Waals surface area contributed by atoms with Crippen molar-refractivity contribution in [3.05, 3.63) is 218 Å². The smallest absolute Gasteiger partial charge is 0.0541 e. The van der Waals surface area contributed by atoms with Crippen LogP contribution in [0.3, 0.4) is 0 Å². The minimum absolute atomic E-state index is 1.11. The van der Waals surface area contributed by atoms with Gasteiger partial charge in [-0.3, -0.25) is 0 Å². The summed E-state index contributed by atoms with van der Waals surface area (Å²) in [7, 11) is 0. The molecule has 9 aromatic carbocycles. The minimum atomic E-state index is 1.11. The molecule has 0 atom stereocenters. The first-order chi connectivity index (χ1) is 26.8. The topological polar surface area (TPSA) is 8.17 Å². The van der Waals surface area contributed by atoms with Crippen molar-refractivity contribution in [1.29, 1.82) is 0 Å². The molecule has 0 saturated heterocycles. The van der Waals surface area contributed by atoms with Crippen molar-refractivity contribution in [2.45, 2.75) is 0 Å². The molecule has 0 aliphatic carbocycles. The first-order valence-electron chi connectivity index (χ1n) is 18.5. The van der Waals surface area contributed by atoms with E-state index >= 15 is 0 Å². The van der Waals surface area contributed by atoms with Crippen LogP contribution >= 0.6 is 0 Å². The summed E-state index contributed by atoms with van der Waals surface area (Å²) in [6, 6.07) is 78.8. The van der Waals surface area contributed by atoms with Crippen LogP contribution in [0.25, 0.3) is 71.6 Å². The lowest BCUT2D eigenvalue weighted by molar-refractivity contribution is 1.18. The van der Waals surface area contributed by atoms with Crippen LogP contribution in [0.2, 0.25) is 0 Å². The Labute approximate surface area is 315 Å². The van der Waals surface area contributed by atoms with Crippen molar-refractivity contribution >= 4 is 49.6 Å². The number of hydrogen-bond donors (Lipinski definition) is 0. The lowest BCUT2D eigenvalue weighted by atomic mass is 9.98. The highest BCUT2D eigenvalue weighted by Crippen LogP contribution is 2.39. The van der Waals surface area contributed by atoms with Crippen molar-refractivity contribution in [2.75, 3.05) is 4.90 Å². The molecule has 254 valence electrons. The van der Waals surface area contributed by atoms with Gasteiger partial charge in [-0.05, 0) is 117 Å². The van der Waals surface area contributed by atoms with Crippen molar-refractivity contribution in [2.24, 2.45) is 0 Å². The quantitative estimate of drug-likeness (QED) is 0.162. The zero-order valence-corrected chi connectivity index (χ0v) is 29.7. The SMILES string of the molecule is c1ccc(N(c2ccc(-c3ccc4ccccc4c3)cc2)c2cccc(-c3ccc(-c4ccc5c(c4)c4ccccc4n5-c4ccccc4)cc3)c2)cc1. The molecule has 10 aromatic rings. The highest BCUT2D eigenvalue weighted by Gasteiger charge is 2.15. The molecule has 0 N–H and O–H groups in total. The fourth-order valence-corrected chi connectivity index (χ4v) is 7.88. The van der Waals surface area contributed by atoms with E-state index in [4.69, 9.17) is 0 Å². The average molecular weight is 689 g/mol. The van der Waals surface area contributed by atoms with Crippen LogP contribution in [-0.4, -0.2) is 4.57 Å². The number of anilines is 3. The number of hydrogen-bond acceptors (Lipinski definition) is 1. The Morgan fingerprint density at radius 3 is 1.56 bits per heavy atom. The summed E-state index contributed by atoms with van der Waals surface area (Å²) < 4.78 is 2.36. The molecular weight excluding hydrogens is 653 g/mol. The highest BCUT2D eigenvalue weighted by molar-refractivity contribution is 6.10. The molecule has 0 aliphatic heterocycles. The van der Waals surface area contributed by atoms with Gasteiger partial charge >= 0.3 is 0 Å². The summed E-state index contributed by atoms with van der Waals surface area (Å²) >= 11 is 0. The molecule has 1 heterocycles. The van der Waals surface area contributed by atoms with Gasteiger partial charge in [0.15, 0.2) is 0 Å². The molecule has 0 saturated carbocycles. The highest BCUT2D eigenvalue weighted by atomic mass is 15.1. The predicted molar refractivity (Wildman–Crippen MR) is 229 cm³/mol. The van der Waals surface area contributed by atoms with E-state index in [1.165, 1.54) is 71.6 Å². The van der Waals surface area contributed by atoms with E-state index in [-0.39, 0.29) is 0 Å². The fourth-order valence-electron chi connectivity index (χ4n) is 7.88. The minimum Gasteiger partial charge on any atom is -0.310 e. The van der Waals surface area contributed by atoms with Crippen LogP contribution in [-0.2, 0) is 0 Å². The van der Waals surface area contributed by atoms with Gasteiger partial charge in [-0.1, -0.05) is 146 Å².